The molecule has 0 bridgehead atoms. The van der Waals surface area contributed by atoms with E-state index in [2.05, 4.69) is 58.9 Å². The van der Waals surface area contributed by atoms with Crippen LogP contribution >= 0.6 is 20.3 Å². The van der Waals surface area contributed by atoms with Gasteiger partial charge in [-0.1, -0.05) is 51.9 Å². The van der Waals surface area contributed by atoms with Gasteiger partial charge < -0.3 is 0 Å². The average Bonchev–Trinajstić information content (AvgIpc) is 2.34. The van der Waals surface area contributed by atoms with Gasteiger partial charge in [0.2, 0.25) is 0 Å². The molecule has 0 N–H and O–H groups in total. The summed E-state index contributed by atoms with van der Waals surface area (Å²) in [5.41, 5.74) is 1.56. The Balaban J connectivity index is 4.28. The molecule has 0 aromatic rings. The van der Waals surface area contributed by atoms with Crippen LogP contribution < -0.4 is 0 Å². The lowest BCUT2D eigenvalue weighted by molar-refractivity contribution is 0.431. The van der Waals surface area contributed by atoms with Gasteiger partial charge in [-0.15, -0.1) is 8.58 Å². The predicted molar refractivity (Wildman–Crippen MR) is 92.5 cm³/mol. The van der Waals surface area contributed by atoms with Crippen LogP contribution in [0.1, 0.15) is 66.7 Å². The molecule has 0 nitrogen and oxygen atoms in total. The minimum atomic E-state index is 0.490. The highest BCUT2D eigenvalue weighted by molar-refractivity contribution is 8.00. The standard InChI is InChI=1S/C16H33PS/c1-7-10-16(5,11-9-14(3)8-2)18-13-15(4)12-17-6/h12,14,17H,7-11,13H2,1-6H3/b15-12-/t14?,16-/m1/s1. The van der Waals surface area contributed by atoms with Crippen molar-refractivity contribution >= 4 is 20.3 Å². The predicted octanol–water partition coefficient (Wildman–Crippen LogP) is 6.32. The highest BCUT2D eigenvalue weighted by Gasteiger charge is 2.24. The normalized spacial score (nSPS) is 18.2. The third-order valence-electron chi connectivity index (χ3n) is 3.68. The van der Waals surface area contributed by atoms with Crippen molar-refractivity contribution in [3.8, 4) is 0 Å². The van der Waals surface area contributed by atoms with Crippen molar-refractivity contribution in [1.29, 1.82) is 0 Å². The van der Waals surface area contributed by atoms with Crippen molar-refractivity contribution in [2.45, 2.75) is 71.5 Å². The minimum absolute atomic E-state index is 0.490. The third kappa shape index (κ3) is 8.59. The van der Waals surface area contributed by atoms with Gasteiger partial charge in [0.25, 0.3) is 0 Å². The third-order valence-corrected chi connectivity index (χ3v) is 6.17. The second-order valence-electron chi connectivity index (χ2n) is 5.82. The second kappa shape index (κ2) is 10.3. The van der Waals surface area contributed by atoms with Crippen molar-refractivity contribution in [3.63, 3.8) is 0 Å². The Hall–Kier alpha value is 0.520. The molecule has 0 saturated heterocycles. The van der Waals surface area contributed by atoms with E-state index in [1.165, 1.54) is 37.9 Å². The van der Waals surface area contributed by atoms with Crippen LogP contribution in [0.5, 0.6) is 0 Å². The molecular formula is C16H33PS. The van der Waals surface area contributed by atoms with Crippen molar-refractivity contribution in [3.05, 3.63) is 11.4 Å². The zero-order valence-corrected chi connectivity index (χ0v) is 15.1. The van der Waals surface area contributed by atoms with Gasteiger partial charge in [-0.05, 0) is 38.8 Å². The monoisotopic (exact) mass is 288 g/mol. The summed E-state index contributed by atoms with van der Waals surface area (Å²) < 4.78 is 0.490. The van der Waals surface area contributed by atoms with E-state index in [-0.39, 0.29) is 0 Å². The maximum atomic E-state index is 2.48. The Labute approximate surface area is 122 Å². The quantitative estimate of drug-likeness (QED) is 0.424. The smallest absolute Gasteiger partial charge is 0.0149 e. The number of thioether (sulfide) groups is 1. The molecule has 0 heterocycles. The van der Waals surface area contributed by atoms with Gasteiger partial charge in [-0.3, -0.25) is 0 Å². The molecule has 2 unspecified atom stereocenters. The maximum Gasteiger partial charge on any atom is 0.0149 e. The molecule has 0 rings (SSSR count). The molecule has 0 aliphatic heterocycles. The summed E-state index contributed by atoms with van der Waals surface area (Å²) in [7, 11) is 0.954. The van der Waals surface area contributed by atoms with Crippen molar-refractivity contribution in [1.82, 2.24) is 0 Å². The van der Waals surface area contributed by atoms with Gasteiger partial charge in [0.05, 0.1) is 0 Å². The van der Waals surface area contributed by atoms with E-state index in [1.54, 1.807) is 5.57 Å². The molecule has 0 spiro atoms. The van der Waals surface area contributed by atoms with Crippen molar-refractivity contribution in [2.24, 2.45) is 5.92 Å². The summed E-state index contributed by atoms with van der Waals surface area (Å²) in [4.78, 5) is 0. The lowest BCUT2D eigenvalue weighted by Gasteiger charge is -2.30. The summed E-state index contributed by atoms with van der Waals surface area (Å²) in [5, 5.41) is 0. The number of hydrogen-bond acceptors (Lipinski definition) is 1. The summed E-state index contributed by atoms with van der Waals surface area (Å²) in [6, 6.07) is 0. The molecule has 18 heavy (non-hydrogen) atoms. The molecule has 0 radical (unpaired) electrons. The molecule has 0 aliphatic carbocycles. The first-order valence-corrected chi connectivity index (χ1v) is 10.0. The van der Waals surface area contributed by atoms with E-state index >= 15 is 0 Å². The van der Waals surface area contributed by atoms with Crippen LogP contribution in [0, 0.1) is 5.92 Å². The zero-order valence-electron chi connectivity index (χ0n) is 13.3. The molecule has 108 valence electrons. The Morgan fingerprint density at radius 3 is 2.50 bits per heavy atom. The van der Waals surface area contributed by atoms with Crippen LogP contribution in [-0.4, -0.2) is 17.2 Å². The SMILES string of the molecule is CCC[C@](C)(CCC(C)CC)SC/C(C)=C\PC. The molecule has 0 fully saturated rings. The van der Waals surface area contributed by atoms with E-state index in [0.29, 0.717) is 4.75 Å². The van der Waals surface area contributed by atoms with E-state index in [1.807, 2.05) is 0 Å². The maximum absolute atomic E-state index is 2.48. The summed E-state index contributed by atoms with van der Waals surface area (Å²) >= 11 is 2.19. The van der Waals surface area contributed by atoms with Gasteiger partial charge >= 0.3 is 0 Å². The van der Waals surface area contributed by atoms with Gasteiger partial charge in [0, 0.05) is 10.5 Å². The summed E-state index contributed by atoms with van der Waals surface area (Å²) in [6.45, 7) is 14.0. The van der Waals surface area contributed by atoms with Crippen LogP contribution in [0.25, 0.3) is 0 Å². The summed E-state index contributed by atoms with van der Waals surface area (Å²) in [6.07, 6.45) is 6.75. The van der Waals surface area contributed by atoms with Gasteiger partial charge in [0.1, 0.15) is 0 Å². The first kappa shape index (κ1) is 18.5. The lowest BCUT2D eigenvalue weighted by atomic mass is 9.93. The fourth-order valence-corrected chi connectivity index (χ4v) is 4.14. The highest BCUT2D eigenvalue weighted by Crippen LogP contribution is 2.37. The van der Waals surface area contributed by atoms with Gasteiger partial charge in [-0.25, -0.2) is 0 Å². The Kier molecular flexibility index (Phi) is 10.6. The van der Waals surface area contributed by atoms with E-state index in [4.69, 9.17) is 0 Å². The Bertz CT molecular complexity index is 237. The first-order chi connectivity index (χ1) is 8.47. The summed E-state index contributed by atoms with van der Waals surface area (Å²) in [5.74, 6) is 4.50. The molecule has 2 heteroatoms. The molecule has 0 saturated carbocycles. The van der Waals surface area contributed by atoms with Crippen LogP contribution in [0.3, 0.4) is 0 Å². The fourth-order valence-electron chi connectivity index (χ4n) is 2.13. The Morgan fingerprint density at radius 1 is 1.33 bits per heavy atom. The largest absolute Gasteiger partial charge is 0.151 e. The molecule has 0 aromatic heterocycles. The van der Waals surface area contributed by atoms with E-state index < -0.39 is 0 Å². The molecular weight excluding hydrogens is 255 g/mol. The highest BCUT2D eigenvalue weighted by atomic mass is 32.2. The molecule has 0 amide bonds. The van der Waals surface area contributed by atoms with E-state index in [9.17, 15) is 0 Å². The Morgan fingerprint density at radius 2 is 2.00 bits per heavy atom. The molecule has 3 atom stereocenters. The van der Waals surface area contributed by atoms with Crippen molar-refractivity contribution in [2.75, 3.05) is 12.4 Å². The average molecular weight is 288 g/mol. The van der Waals surface area contributed by atoms with Crippen LogP contribution in [0.2, 0.25) is 0 Å². The van der Waals surface area contributed by atoms with Gasteiger partial charge in [0.15, 0.2) is 0 Å². The van der Waals surface area contributed by atoms with Crippen molar-refractivity contribution < 1.29 is 0 Å². The number of rotatable bonds is 10. The molecule has 0 aliphatic rings. The lowest BCUT2D eigenvalue weighted by Crippen LogP contribution is -2.21. The van der Waals surface area contributed by atoms with Crippen LogP contribution in [0.15, 0.2) is 11.4 Å². The zero-order chi connectivity index (χ0) is 14.0. The van der Waals surface area contributed by atoms with E-state index in [0.717, 1.165) is 14.5 Å². The van der Waals surface area contributed by atoms with Crippen LogP contribution in [0.4, 0.5) is 0 Å². The minimum Gasteiger partial charge on any atom is -0.151 e. The van der Waals surface area contributed by atoms with Gasteiger partial charge in [-0.2, -0.15) is 11.8 Å². The first-order valence-electron chi connectivity index (χ1n) is 7.44. The second-order valence-corrected chi connectivity index (χ2v) is 8.25. The number of hydrogen-bond donors (Lipinski definition) is 0. The topological polar surface area (TPSA) is 0 Å². The van der Waals surface area contributed by atoms with Crippen LogP contribution in [-0.2, 0) is 0 Å². The fraction of sp³-hybridized carbons (Fsp3) is 0.875. The molecule has 0 aromatic carbocycles.